The summed E-state index contributed by atoms with van der Waals surface area (Å²) >= 11 is 0. The standard InChI is InChI=1S/C16H23NO3/c1-10(2)12(4)17-16(19)9-20-15-7-6-14(13(5)18)8-11(15)3/h6-8,10,12H,9H2,1-5H3,(H,17,19). The van der Waals surface area contributed by atoms with Crippen molar-refractivity contribution in [3.8, 4) is 5.75 Å². The van der Waals surface area contributed by atoms with Gasteiger partial charge in [-0.1, -0.05) is 13.8 Å². The molecule has 1 aromatic carbocycles. The van der Waals surface area contributed by atoms with Gasteiger partial charge in [0, 0.05) is 11.6 Å². The van der Waals surface area contributed by atoms with E-state index in [1.807, 2.05) is 13.8 Å². The molecule has 1 atom stereocenters. The Morgan fingerprint density at radius 3 is 2.40 bits per heavy atom. The molecule has 1 aromatic rings. The Morgan fingerprint density at radius 2 is 1.90 bits per heavy atom. The summed E-state index contributed by atoms with van der Waals surface area (Å²) in [6.45, 7) is 9.44. The minimum Gasteiger partial charge on any atom is -0.484 e. The molecule has 0 aliphatic rings. The monoisotopic (exact) mass is 277 g/mol. The van der Waals surface area contributed by atoms with E-state index in [0.717, 1.165) is 5.56 Å². The van der Waals surface area contributed by atoms with Gasteiger partial charge in [0.15, 0.2) is 12.4 Å². The van der Waals surface area contributed by atoms with Crippen LogP contribution < -0.4 is 10.1 Å². The third-order valence-electron chi connectivity index (χ3n) is 3.33. The molecule has 0 radical (unpaired) electrons. The van der Waals surface area contributed by atoms with Gasteiger partial charge in [0.1, 0.15) is 5.75 Å². The summed E-state index contributed by atoms with van der Waals surface area (Å²) in [7, 11) is 0. The number of carbonyl (C=O) groups excluding carboxylic acids is 2. The van der Waals surface area contributed by atoms with Crippen LogP contribution in [0.5, 0.6) is 5.75 Å². The fraction of sp³-hybridized carbons (Fsp3) is 0.500. The molecule has 0 fully saturated rings. The van der Waals surface area contributed by atoms with Crippen molar-refractivity contribution in [3.63, 3.8) is 0 Å². The van der Waals surface area contributed by atoms with Crippen LogP contribution in [0.15, 0.2) is 18.2 Å². The molecule has 1 rings (SSSR count). The molecule has 0 aromatic heterocycles. The number of hydrogen-bond donors (Lipinski definition) is 1. The summed E-state index contributed by atoms with van der Waals surface area (Å²) in [6.07, 6.45) is 0. The predicted octanol–water partition coefficient (Wildman–Crippen LogP) is 2.74. The van der Waals surface area contributed by atoms with Gasteiger partial charge >= 0.3 is 0 Å². The van der Waals surface area contributed by atoms with E-state index in [-0.39, 0.29) is 24.3 Å². The van der Waals surface area contributed by atoms with Crippen LogP contribution >= 0.6 is 0 Å². The molecule has 4 heteroatoms. The Morgan fingerprint density at radius 1 is 1.25 bits per heavy atom. The number of ether oxygens (including phenoxy) is 1. The predicted molar refractivity (Wildman–Crippen MR) is 79.1 cm³/mol. The Labute approximate surface area is 120 Å². The van der Waals surface area contributed by atoms with Crippen molar-refractivity contribution in [3.05, 3.63) is 29.3 Å². The van der Waals surface area contributed by atoms with Gasteiger partial charge in [-0.05, 0) is 50.5 Å². The summed E-state index contributed by atoms with van der Waals surface area (Å²) in [5.74, 6) is 0.891. The number of Topliss-reactive ketones (excluding diaryl/α,β-unsaturated/α-hetero) is 1. The van der Waals surface area contributed by atoms with Crippen LogP contribution in [0.2, 0.25) is 0 Å². The highest BCUT2D eigenvalue weighted by molar-refractivity contribution is 5.94. The van der Waals surface area contributed by atoms with Crippen LogP contribution in [0.25, 0.3) is 0 Å². The first-order valence-electron chi connectivity index (χ1n) is 6.85. The average Bonchev–Trinajstić information content (AvgIpc) is 2.36. The second-order valence-corrected chi connectivity index (χ2v) is 5.43. The maximum Gasteiger partial charge on any atom is 0.258 e. The lowest BCUT2D eigenvalue weighted by Gasteiger charge is -2.17. The normalized spacial score (nSPS) is 12.1. The Hall–Kier alpha value is -1.84. The molecule has 1 unspecified atom stereocenters. The second kappa shape index (κ2) is 7.08. The molecule has 0 bridgehead atoms. The minimum atomic E-state index is -0.138. The molecular formula is C16H23NO3. The van der Waals surface area contributed by atoms with Gasteiger partial charge in [0.05, 0.1) is 0 Å². The van der Waals surface area contributed by atoms with Crippen molar-refractivity contribution in [1.29, 1.82) is 0 Å². The quantitative estimate of drug-likeness (QED) is 0.813. The molecule has 1 amide bonds. The summed E-state index contributed by atoms with van der Waals surface area (Å²) in [6, 6.07) is 5.32. The molecule has 1 N–H and O–H groups in total. The van der Waals surface area contributed by atoms with Crippen LogP contribution in [-0.2, 0) is 4.79 Å². The van der Waals surface area contributed by atoms with E-state index in [0.29, 0.717) is 17.2 Å². The van der Waals surface area contributed by atoms with Gasteiger partial charge < -0.3 is 10.1 Å². The largest absolute Gasteiger partial charge is 0.484 e. The lowest BCUT2D eigenvalue weighted by Crippen LogP contribution is -2.39. The zero-order chi connectivity index (χ0) is 15.3. The molecule has 0 saturated heterocycles. The third-order valence-corrected chi connectivity index (χ3v) is 3.33. The van der Waals surface area contributed by atoms with Crippen molar-refractivity contribution in [2.45, 2.75) is 40.7 Å². The van der Waals surface area contributed by atoms with E-state index < -0.39 is 0 Å². The molecule has 0 saturated carbocycles. The molecule has 0 heterocycles. The first-order valence-corrected chi connectivity index (χ1v) is 6.85. The fourth-order valence-corrected chi connectivity index (χ4v) is 1.64. The molecular weight excluding hydrogens is 254 g/mol. The van der Waals surface area contributed by atoms with Gasteiger partial charge in [-0.25, -0.2) is 0 Å². The molecule has 0 spiro atoms. The minimum absolute atomic E-state index is 0.0165. The molecule has 110 valence electrons. The number of amides is 1. The van der Waals surface area contributed by atoms with E-state index in [4.69, 9.17) is 4.74 Å². The first-order chi connectivity index (χ1) is 9.31. The fourth-order valence-electron chi connectivity index (χ4n) is 1.64. The average molecular weight is 277 g/mol. The van der Waals surface area contributed by atoms with E-state index in [1.54, 1.807) is 18.2 Å². The van der Waals surface area contributed by atoms with Crippen LogP contribution in [0.1, 0.15) is 43.6 Å². The van der Waals surface area contributed by atoms with E-state index >= 15 is 0 Å². The zero-order valence-corrected chi connectivity index (χ0v) is 12.8. The second-order valence-electron chi connectivity index (χ2n) is 5.43. The van der Waals surface area contributed by atoms with Gasteiger partial charge in [-0.2, -0.15) is 0 Å². The number of benzene rings is 1. The Kier molecular flexibility index (Phi) is 5.74. The molecule has 0 aliphatic heterocycles. The summed E-state index contributed by atoms with van der Waals surface area (Å²) in [5.41, 5.74) is 1.50. The van der Waals surface area contributed by atoms with E-state index in [9.17, 15) is 9.59 Å². The first kappa shape index (κ1) is 16.2. The topological polar surface area (TPSA) is 55.4 Å². The highest BCUT2D eigenvalue weighted by atomic mass is 16.5. The number of ketones is 1. The van der Waals surface area contributed by atoms with Gasteiger partial charge in [-0.15, -0.1) is 0 Å². The van der Waals surface area contributed by atoms with Crippen molar-refractivity contribution < 1.29 is 14.3 Å². The number of aryl methyl sites for hydroxylation is 1. The van der Waals surface area contributed by atoms with E-state index in [2.05, 4.69) is 19.2 Å². The van der Waals surface area contributed by atoms with Gasteiger partial charge in [-0.3, -0.25) is 9.59 Å². The smallest absolute Gasteiger partial charge is 0.258 e. The zero-order valence-electron chi connectivity index (χ0n) is 12.8. The van der Waals surface area contributed by atoms with Crippen LogP contribution in [0.3, 0.4) is 0 Å². The highest BCUT2D eigenvalue weighted by Gasteiger charge is 2.12. The van der Waals surface area contributed by atoms with Gasteiger partial charge in [0.2, 0.25) is 0 Å². The molecule has 0 aliphatic carbocycles. The van der Waals surface area contributed by atoms with Crippen molar-refractivity contribution in [2.75, 3.05) is 6.61 Å². The Balaban J connectivity index is 2.58. The summed E-state index contributed by atoms with van der Waals surface area (Å²) < 4.78 is 5.49. The lowest BCUT2D eigenvalue weighted by molar-refractivity contribution is -0.124. The third kappa shape index (κ3) is 4.68. The number of carbonyl (C=O) groups is 2. The van der Waals surface area contributed by atoms with Crippen LogP contribution in [0, 0.1) is 12.8 Å². The van der Waals surface area contributed by atoms with Crippen molar-refractivity contribution in [1.82, 2.24) is 5.32 Å². The highest BCUT2D eigenvalue weighted by Crippen LogP contribution is 2.19. The lowest BCUT2D eigenvalue weighted by atomic mass is 10.1. The van der Waals surface area contributed by atoms with E-state index in [1.165, 1.54) is 6.92 Å². The van der Waals surface area contributed by atoms with Crippen molar-refractivity contribution >= 4 is 11.7 Å². The molecule has 20 heavy (non-hydrogen) atoms. The van der Waals surface area contributed by atoms with Crippen LogP contribution in [0.4, 0.5) is 0 Å². The maximum atomic E-state index is 11.7. The number of nitrogens with one attached hydrogen (secondary N) is 1. The van der Waals surface area contributed by atoms with Crippen LogP contribution in [-0.4, -0.2) is 24.3 Å². The van der Waals surface area contributed by atoms with Gasteiger partial charge in [0.25, 0.3) is 5.91 Å². The molecule has 4 nitrogen and oxygen atoms in total. The Bertz CT molecular complexity index is 494. The number of rotatable bonds is 6. The maximum absolute atomic E-state index is 11.7. The SMILES string of the molecule is CC(=O)c1ccc(OCC(=O)NC(C)C(C)C)c(C)c1. The summed E-state index contributed by atoms with van der Waals surface area (Å²) in [5, 5.41) is 2.88. The summed E-state index contributed by atoms with van der Waals surface area (Å²) in [4.78, 5) is 23.0. The van der Waals surface area contributed by atoms with Crippen molar-refractivity contribution in [2.24, 2.45) is 5.92 Å². The number of hydrogen-bond acceptors (Lipinski definition) is 3.